The second kappa shape index (κ2) is 3.20. The van der Waals surface area contributed by atoms with Crippen molar-refractivity contribution >= 4 is 6.01 Å². The maximum Gasteiger partial charge on any atom is 0.392 e. The molecule has 0 fully saturated rings. The molecule has 1 aromatic heterocycles. The molecule has 1 heterocycles. The van der Waals surface area contributed by atoms with Gasteiger partial charge in [-0.25, -0.2) is 0 Å². The van der Waals surface area contributed by atoms with Gasteiger partial charge in [0.2, 0.25) is 0 Å². The highest BCUT2D eigenvalue weighted by atomic mass is 16.5. The maximum atomic E-state index is 4.95. The normalized spacial score (nSPS) is 11.5. The second-order valence-electron chi connectivity index (χ2n) is 4.07. The molecule has 74 valence electrons. The Morgan fingerprint density at radius 3 is 2.38 bits per heavy atom. The van der Waals surface area contributed by atoms with Crippen LogP contribution in [0.2, 0.25) is 0 Å². The zero-order valence-corrected chi connectivity index (χ0v) is 8.70. The minimum atomic E-state index is -0.0727. The summed E-state index contributed by atoms with van der Waals surface area (Å²) in [5, 5.41) is 12.5. The average Bonchev–Trinajstić information content (AvgIpc) is 2.31. The van der Waals surface area contributed by atoms with Crippen LogP contribution in [0.25, 0.3) is 0 Å². The Hall–Kier alpha value is -1.33. The van der Waals surface area contributed by atoms with E-state index in [1.165, 1.54) is 4.91 Å². The Kier molecular flexibility index (Phi) is 2.40. The Balaban J connectivity index is 2.70. The molecule has 0 saturated heterocycles. The standard InChI is InChI=1S/C7H16N5O/c1-7(2,3)8-6-9-12(10-13-6)11(4)5/h1-5H3,(H,8,9,10)/q+1. The lowest BCUT2D eigenvalue weighted by atomic mass is 10.1. The molecule has 0 spiro atoms. The fraction of sp³-hybridized carbons (Fsp3) is 0.857. The van der Waals surface area contributed by atoms with Crippen LogP contribution in [-0.2, 0) is 0 Å². The van der Waals surface area contributed by atoms with Crippen LogP contribution in [0.3, 0.4) is 0 Å². The SMILES string of the molecule is CN(C)[n+]1noc(NC(C)(C)C)n1. The fourth-order valence-corrected chi connectivity index (χ4v) is 0.724. The van der Waals surface area contributed by atoms with E-state index in [0.29, 0.717) is 6.01 Å². The zero-order chi connectivity index (χ0) is 10.1. The molecule has 0 aliphatic rings. The molecule has 0 aliphatic heterocycles. The molecule has 0 radical (unpaired) electrons. The van der Waals surface area contributed by atoms with Crippen molar-refractivity contribution in [2.24, 2.45) is 0 Å². The van der Waals surface area contributed by atoms with E-state index in [4.69, 9.17) is 4.52 Å². The topological polar surface area (TPSA) is 58.1 Å². The number of nitrogens with zero attached hydrogens (tertiary/aromatic N) is 4. The molecule has 6 heteroatoms. The van der Waals surface area contributed by atoms with Gasteiger partial charge in [-0.15, -0.1) is 5.01 Å². The lowest BCUT2D eigenvalue weighted by Crippen LogP contribution is -2.56. The first-order valence-corrected chi connectivity index (χ1v) is 4.10. The highest BCUT2D eigenvalue weighted by Crippen LogP contribution is 2.08. The van der Waals surface area contributed by atoms with Gasteiger partial charge in [-0.2, -0.15) is 0 Å². The molecule has 0 atom stereocenters. The van der Waals surface area contributed by atoms with Crippen LogP contribution < -0.4 is 15.2 Å². The van der Waals surface area contributed by atoms with E-state index in [2.05, 4.69) is 15.7 Å². The third kappa shape index (κ3) is 2.89. The summed E-state index contributed by atoms with van der Waals surface area (Å²) in [5.41, 5.74) is -0.0727. The summed E-state index contributed by atoms with van der Waals surface area (Å²) in [4.78, 5) is 1.37. The molecule has 0 unspecified atom stereocenters. The average molecular weight is 186 g/mol. The van der Waals surface area contributed by atoms with Gasteiger partial charge in [0, 0.05) is 5.54 Å². The Bertz CT molecular complexity index is 275. The molecule has 1 rings (SSSR count). The van der Waals surface area contributed by atoms with E-state index in [1.807, 2.05) is 34.9 Å². The van der Waals surface area contributed by atoms with Crippen molar-refractivity contribution in [3.05, 3.63) is 0 Å². The summed E-state index contributed by atoms with van der Waals surface area (Å²) >= 11 is 0. The quantitative estimate of drug-likeness (QED) is 0.646. The van der Waals surface area contributed by atoms with Crippen molar-refractivity contribution in [2.75, 3.05) is 24.4 Å². The summed E-state index contributed by atoms with van der Waals surface area (Å²) < 4.78 is 4.95. The molecule has 6 nitrogen and oxygen atoms in total. The lowest BCUT2D eigenvalue weighted by molar-refractivity contribution is -0.803. The summed E-state index contributed by atoms with van der Waals surface area (Å²) in [7, 11) is 3.66. The van der Waals surface area contributed by atoms with Gasteiger partial charge in [-0.05, 0) is 20.8 Å². The predicted octanol–water partition coefficient (Wildman–Crippen LogP) is -0.235. The predicted molar refractivity (Wildman–Crippen MR) is 47.9 cm³/mol. The summed E-state index contributed by atoms with van der Waals surface area (Å²) in [6, 6.07) is 0.418. The molecule has 0 bridgehead atoms. The van der Waals surface area contributed by atoms with Crippen molar-refractivity contribution in [1.82, 2.24) is 10.4 Å². The van der Waals surface area contributed by atoms with Crippen LogP contribution in [0.1, 0.15) is 20.8 Å². The largest absolute Gasteiger partial charge is 0.392 e. The number of anilines is 1. The van der Waals surface area contributed by atoms with E-state index in [9.17, 15) is 0 Å². The minimum Gasteiger partial charge on any atom is -0.328 e. The van der Waals surface area contributed by atoms with Crippen LogP contribution in [0.15, 0.2) is 4.52 Å². The van der Waals surface area contributed by atoms with Gasteiger partial charge in [0.15, 0.2) is 4.91 Å². The number of hydrogen-bond acceptors (Lipinski definition) is 5. The van der Waals surface area contributed by atoms with Gasteiger partial charge in [-0.1, -0.05) is 0 Å². The monoisotopic (exact) mass is 186 g/mol. The van der Waals surface area contributed by atoms with Crippen LogP contribution in [0.4, 0.5) is 6.01 Å². The molecule has 13 heavy (non-hydrogen) atoms. The maximum absolute atomic E-state index is 4.95. The fourth-order valence-electron chi connectivity index (χ4n) is 0.724. The van der Waals surface area contributed by atoms with Crippen LogP contribution in [0.5, 0.6) is 0 Å². The van der Waals surface area contributed by atoms with Gasteiger partial charge in [0.25, 0.3) is 5.27 Å². The third-order valence-electron chi connectivity index (χ3n) is 1.22. The Morgan fingerprint density at radius 2 is 2.00 bits per heavy atom. The first-order valence-electron chi connectivity index (χ1n) is 4.10. The molecular weight excluding hydrogens is 170 g/mol. The summed E-state index contributed by atoms with van der Waals surface area (Å²) in [6.45, 7) is 6.07. The second-order valence-corrected chi connectivity index (χ2v) is 4.07. The molecule has 0 aliphatic carbocycles. The minimum absolute atomic E-state index is 0.0727. The van der Waals surface area contributed by atoms with Crippen molar-refractivity contribution < 1.29 is 9.43 Å². The molecule has 1 aromatic rings. The third-order valence-corrected chi connectivity index (χ3v) is 1.22. The Morgan fingerprint density at radius 1 is 1.38 bits per heavy atom. The van der Waals surface area contributed by atoms with Gasteiger partial charge in [0.1, 0.15) is 5.10 Å². The molecular formula is C7H16N5O+. The van der Waals surface area contributed by atoms with Crippen LogP contribution >= 0.6 is 0 Å². The first-order chi connectivity index (χ1) is 5.88. The Labute approximate surface area is 77.5 Å². The van der Waals surface area contributed by atoms with Crippen molar-refractivity contribution in [3.8, 4) is 0 Å². The molecule has 0 saturated carbocycles. The van der Waals surface area contributed by atoms with Crippen LogP contribution in [-0.4, -0.2) is 30.0 Å². The van der Waals surface area contributed by atoms with Gasteiger partial charge in [-0.3, -0.25) is 4.52 Å². The molecule has 0 amide bonds. The van der Waals surface area contributed by atoms with Gasteiger partial charge >= 0.3 is 6.01 Å². The van der Waals surface area contributed by atoms with Crippen molar-refractivity contribution in [2.45, 2.75) is 26.3 Å². The van der Waals surface area contributed by atoms with E-state index < -0.39 is 0 Å². The van der Waals surface area contributed by atoms with Crippen molar-refractivity contribution in [3.63, 3.8) is 0 Å². The van der Waals surface area contributed by atoms with E-state index >= 15 is 0 Å². The van der Waals surface area contributed by atoms with Crippen LogP contribution in [0, 0.1) is 0 Å². The summed E-state index contributed by atoms with van der Waals surface area (Å²) in [5.74, 6) is 0. The van der Waals surface area contributed by atoms with E-state index in [1.54, 1.807) is 5.01 Å². The number of rotatable bonds is 2. The van der Waals surface area contributed by atoms with E-state index in [0.717, 1.165) is 0 Å². The number of hydrogen-bond donors (Lipinski definition) is 1. The van der Waals surface area contributed by atoms with E-state index in [-0.39, 0.29) is 5.54 Å². The number of aromatic nitrogens is 3. The smallest absolute Gasteiger partial charge is 0.328 e. The van der Waals surface area contributed by atoms with Gasteiger partial charge < -0.3 is 5.32 Å². The van der Waals surface area contributed by atoms with Gasteiger partial charge in [0.05, 0.1) is 14.1 Å². The molecule has 0 aromatic carbocycles. The highest BCUT2D eigenvalue weighted by molar-refractivity contribution is 5.18. The zero-order valence-electron chi connectivity index (χ0n) is 8.70. The number of nitrogens with one attached hydrogen (secondary N) is 1. The lowest BCUT2D eigenvalue weighted by Gasteiger charge is -2.16. The van der Waals surface area contributed by atoms with Crippen molar-refractivity contribution in [1.29, 1.82) is 0 Å². The first kappa shape index (κ1) is 9.76. The summed E-state index contributed by atoms with van der Waals surface area (Å²) in [6.07, 6.45) is 0. The highest BCUT2D eigenvalue weighted by Gasteiger charge is 2.20. The molecule has 1 N–H and O–H groups in total.